The molecule has 4 aromatic rings. The molecule has 0 saturated carbocycles. The highest BCUT2D eigenvalue weighted by molar-refractivity contribution is 6.30. The summed E-state index contributed by atoms with van der Waals surface area (Å²) < 4.78 is 38.6. The fraction of sp³-hybridized carbons (Fsp3) is 0.0909. The maximum atomic E-state index is 12.2. The van der Waals surface area contributed by atoms with Crippen molar-refractivity contribution in [2.75, 3.05) is 11.9 Å². The van der Waals surface area contributed by atoms with Crippen LogP contribution in [0.25, 0.3) is 28.0 Å². The topological polar surface area (TPSA) is 58.4 Å². The van der Waals surface area contributed by atoms with Gasteiger partial charge in [-0.3, -0.25) is 4.40 Å². The third kappa shape index (κ3) is 4.97. The summed E-state index contributed by atoms with van der Waals surface area (Å²) in [6, 6.07) is 17.3. The zero-order chi connectivity index (χ0) is 22.0. The number of hydrogen-bond acceptors (Lipinski definition) is 2. The second-order valence-electron chi connectivity index (χ2n) is 6.80. The number of nitrogens with one attached hydrogen (secondary N) is 2. The Bertz CT molecular complexity index is 1240. The number of amides is 2. The standard InChI is InChI=1S/C22H16ClF3N4O/c23-17-6-4-14(5-7-17)15-8-9-30-19(12-27-20(30)11-15)16-2-1-3-18(10-16)29-21(31)28-13-22(24,25)26/h1-12H,13H2,(H2,28,29,31). The van der Waals surface area contributed by atoms with Crippen molar-refractivity contribution in [3.8, 4) is 22.4 Å². The van der Waals surface area contributed by atoms with Gasteiger partial charge in [0.05, 0.1) is 11.9 Å². The second kappa shape index (κ2) is 8.31. The molecule has 158 valence electrons. The number of benzene rings is 2. The van der Waals surface area contributed by atoms with Crippen molar-refractivity contribution in [3.05, 3.63) is 78.1 Å². The number of fused-ring (bicyclic) bond motifs is 1. The molecule has 31 heavy (non-hydrogen) atoms. The third-order valence-electron chi connectivity index (χ3n) is 4.56. The van der Waals surface area contributed by atoms with E-state index in [9.17, 15) is 18.0 Å². The van der Waals surface area contributed by atoms with Crippen molar-refractivity contribution in [2.45, 2.75) is 6.18 Å². The first kappa shape index (κ1) is 20.7. The average molecular weight is 445 g/mol. The lowest BCUT2D eigenvalue weighted by Crippen LogP contribution is -2.36. The van der Waals surface area contributed by atoms with E-state index in [2.05, 4.69) is 10.3 Å². The Morgan fingerprint density at radius 2 is 1.77 bits per heavy atom. The summed E-state index contributed by atoms with van der Waals surface area (Å²) in [7, 11) is 0. The molecule has 2 N–H and O–H groups in total. The van der Waals surface area contributed by atoms with E-state index in [1.54, 1.807) is 29.7 Å². The van der Waals surface area contributed by atoms with E-state index < -0.39 is 18.8 Å². The predicted octanol–water partition coefficient (Wildman–Crippen LogP) is 6.01. The number of rotatable bonds is 4. The molecule has 4 rings (SSSR count). The van der Waals surface area contributed by atoms with Crippen molar-refractivity contribution in [1.29, 1.82) is 0 Å². The Hall–Kier alpha value is -3.52. The molecule has 2 aromatic carbocycles. The van der Waals surface area contributed by atoms with Crippen LogP contribution in [0.1, 0.15) is 0 Å². The quantitative estimate of drug-likeness (QED) is 0.405. The fourth-order valence-electron chi connectivity index (χ4n) is 3.13. The second-order valence-corrected chi connectivity index (χ2v) is 7.23. The zero-order valence-corrected chi connectivity index (χ0v) is 16.7. The van der Waals surface area contributed by atoms with Gasteiger partial charge in [-0.05, 0) is 47.5 Å². The first-order valence-electron chi connectivity index (χ1n) is 9.24. The SMILES string of the molecule is O=C(NCC(F)(F)F)Nc1cccc(-c2cnc3cc(-c4ccc(Cl)cc4)ccn23)c1. The monoisotopic (exact) mass is 444 g/mol. The van der Waals surface area contributed by atoms with Gasteiger partial charge in [-0.2, -0.15) is 13.2 Å². The molecule has 5 nitrogen and oxygen atoms in total. The van der Waals surface area contributed by atoms with Crippen LogP contribution >= 0.6 is 11.6 Å². The molecule has 0 unspecified atom stereocenters. The maximum absolute atomic E-state index is 12.2. The van der Waals surface area contributed by atoms with Gasteiger partial charge in [0.1, 0.15) is 12.2 Å². The number of aromatic nitrogens is 2. The van der Waals surface area contributed by atoms with Gasteiger partial charge in [0.25, 0.3) is 0 Å². The predicted molar refractivity (Wildman–Crippen MR) is 114 cm³/mol. The molecule has 0 aliphatic rings. The van der Waals surface area contributed by atoms with Crippen LogP contribution in [0.2, 0.25) is 5.02 Å². The van der Waals surface area contributed by atoms with Gasteiger partial charge in [0.15, 0.2) is 0 Å². The molecule has 2 amide bonds. The molecule has 0 atom stereocenters. The number of halogens is 4. The number of imidazole rings is 1. The van der Waals surface area contributed by atoms with E-state index in [1.807, 2.05) is 53.1 Å². The van der Waals surface area contributed by atoms with Crippen LogP contribution in [0.15, 0.2) is 73.1 Å². The number of nitrogens with zero attached hydrogens (tertiary/aromatic N) is 2. The summed E-state index contributed by atoms with van der Waals surface area (Å²) in [5.41, 5.74) is 4.61. The van der Waals surface area contributed by atoms with E-state index in [1.165, 1.54) is 0 Å². The van der Waals surface area contributed by atoms with E-state index in [0.29, 0.717) is 10.7 Å². The Morgan fingerprint density at radius 3 is 2.52 bits per heavy atom. The molecule has 0 radical (unpaired) electrons. The average Bonchev–Trinajstić information content (AvgIpc) is 3.16. The largest absolute Gasteiger partial charge is 0.405 e. The summed E-state index contributed by atoms with van der Waals surface area (Å²) in [6.45, 7) is -1.40. The van der Waals surface area contributed by atoms with Crippen molar-refractivity contribution < 1.29 is 18.0 Å². The van der Waals surface area contributed by atoms with Crippen molar-refractivity contribution >= 4 is 29.0 Å². The number of hydrogen-bond donors (Lipinski definition) is 2. The molecule has 0 bridgehead atoms. The Labute approximate surface area is 180 Å². The van der Waals surface area contributed by atoms with Crippen LogP contribution in [-0.4, -0.2) is 28.1 Å². The van der Waals surface area contributed by atoms with E-state index in [-0.39, 0.29) is 0 Å². The molecular formula is C22H16ClF3N4O. The number of anilines is 1. The van der Waals surface area contributed by atoms with Crippen LogP contribution in [-0.2, 0) is 0 Å². The van der Waals surface area contributed by atoms with Crippen LogP contribution in [0.4, 0.5) is 23.7 Å². The first-order valence-corrected chi connectivity index (χ1v) is 9.61. The number of carbonyl (C=O) groups is 1. The normalized spacial score (nSPS) is 11.5. The lowest BCUT2D eigenvalue weighted by Gasteiger charge is -2.11. The van der Waals surface area contributed by atoms with Crippen molar-refractivity contribution in [2.24, 2.45) is 0 Å². The fourth-order valence-corrected chi connectivity index (χ4v) is 3.25. The third-order valence-corrected chi connectivity index (χ3v) is 4.81. The summed E-state index contributed by atoms with van der Waals surface area (Å²) in [4.78, 5) is 16.2. The lowest BCUT2D eigenvalue weighted by molar-refractivity contribution is -0.122. The lowest BCUT2D eigenvalue weighted by atomic mass is 10.1. The molecule has 0 aliphatic carbocycles. The number of urea groups is 1. The Balaban J connectivity index is 1.57. The molecule has 2 aromatic heterocycles. The first-order chi connectivity index (χ1) is 14.8. The van der Waals surface area contributed by atoms with Gasteiger partial charge in [-0.1, -0.05) is 35.9 Å². The van der Waals surface area contributed by atoms with Crippen molar-refractivity contribution in [1.82, 2.24) is 14.7 Å². The minimum absolute atomic E-state index is 0.366. The van der Waals surface area contributed by atoms with Crippen LogP contribution in [0.3, 0.4) is 0 Å². The summed E-state index contributed by atoms with van der Waals surface area (Å²) in [5, 5.41) is 4.85. The highest BCUT2D eigenvalue weighted by Crippen LogP contribution is 2.27. The van der Waals surface area contributed by atoms with Gasteiger partial charge in [0.2, 0.25) is 0 Å². The van der Waals surface area contributed by atoms with Gasteiger partial charge in [-0.25, -0.2) is 9.78 Å². The molecule has 2 heterocycles. The molecule has 9 heteroatoms. The van der Waals surface area contributed by atoms with Crippen LogP contribution in [0.5, 0.6) is 0 Å². The van der Waals surface area contributed by atoms with Gasteiger partial charge in [0, 0.05) is 22.5 Å². The summed E-state index contributed by atoms with van der Waals surface area (Å²) >= 11 is 5.95. The van der Waals surface area contributed by atoms with Crippen LogP contribution < -0.4 is 10.6 Å². The van der Waals surface area contributed by atoms with Crippen molar-refractivity contribution in [3.63, 3.8) is 0 Å². The Kier molecular flexibility index (Phi) is 5.56. The zero-order valence-electron chi connectivity index (χ0n) is 15.9. The van der Waals surface area contributed by atoms with E-state index in [0.717, 1.165) is 28.0 Å². The van der Waals surface area contributed by atoms with Crippen LogP contribution in [0, 0.1) is 0 Å². The minimum Gasteiger partial charge on any atom is -0.329 e. The van der Waals surface area contributed by atoms with E-state index in [4.69, 9.17) is 11.6 Å². The smallest absolute Gasteiger partial charge is 0.329 e. The van der Waals surface area contributed by atoms with Gasteiger partial charge < -0.3 is 10.6 Å². The molecule has 0 aliphatic heterocycles. The Morgan fingerprint density at radius 1 is 1.00 bits per heavy atom. The maximum Gasteiger partial charge on any atom is 0.405 e. The number of alkyl halides is 3. The summed E-state index contributed by atoms with van der Waals surface area (Å²) in [6.07, 6.45) is -0.887. The highest BCUT2D eigenvalue weighted by atomic mass is 35.5. The molecule has 0 fully saturated rings. The van der Waals surface area contributed by atoms with Gasteiger partial charge >= 0.3 is 12.2 Å². The molecule has 0 saturated heterocycles. The number of carbonyl (C=O) groups excluding carboxylic acids is 1. The van der Waals surface area contributed by atoms with Gasteiger partial charge in [-0.15, -0.1) is 0 Å². The summed E-state index contributed by atoms with van der Waals surface area (Å²) in [5.74, 6) is 0. The molecular weight excluding hydrogens is 429 g/mol. The highest BCUT2D eigenvalue weighted by Gasteiger charge is 2.27. The molecule has 0 spiro atoms. The number of pyridine rings is 1. The minimum atomic E-state index is -4.47. The van der Waals surface area contributed by atoms with E-state index >= 15 is 0 Å².